The number of nitrogen functional groups attached to an aromatic ring is 1. The fourth-order valence-corrected chi connectivity index (χ4v) is 2.09. The molecule has 5 nitrogen and oxygen atoms in total. The van der Waals surface area contributed by atoms with Gasteiger partial charge in [0.15, 0.2) is 5.56 Å². The summed E-state index contributed by atoms with van der Waals surface area (Å²) in [4.78, 5) is 0. The molecular weight excluding hydrogens is 288 g/mol. The third kappa shape index (κ3) is 3.47. The molecule has 2 rings (SSSR count). The lowest BCUT2D eigenvalue weighted by Crippen LogP contribution is -2.05. The van der Waals surface area contributed by atoms with Crippen LogP contribution < -0.4 is 10.5 Å². The normalized spacial score (nSPS) is 10.3. The lowest BCUT2D eigenvalue weighted by Gasteiger charge is -2.05. The van der Waals surface area contributed by atoms with Crippen LogP contribution in [0, 0.1) is 11.3 Å². The number of aryl methyl sites for hydroxylation is 1. The van der Waals surface area contributed by atoms with E-state index in [0.29, 0.717) is 17.4 Å². The molecule has 0 fully saturated rings. The molecular formula is C15H17ClN4O. The number of ether oxygens (including phenoxy) is 1. The zero-order chi connectivity index (χ0) is 15.2. The molecule has 0 amide bonds. The van der Waals surface area contributed by atoms with Crippen LogP contribution in [0.5, 0.6) is 5.88 Å². The first-order chi connectivity index (χ1) is 10.2. The molecule has 0 spiro atoms. The van der Waals surface area contributed by atoms with E-state index in [0.717, 1.165) is 18.4 Å². The van der Waals surface area contributed by atoms with E-state index in [2.05, 4.69) is 12.0 Å². The Morgan fingerprint density at radius 1 is 1.43 bits per heavy atom. The second-order valence-electron chi connectivity index (χ2n) is 4.63. The predicted octanol–water partition coefficient (Wildman–Crippen LogP) is 3.37. The Kier molecular flexibility index (Phi) is 5.07. The molecule has 0 saturated carbocycles. The summed E-state index contributed by atoms with van der Waals surface area (Å²) in [5.74, 6) is 0.603. The molecule has 0 unspecified atom stereocenters. The zero-order valence-electron chi connectivity index (χ0n) is 11.8. The van der Waals surface area contributed by atoms with Gasteiger partial charge in [-0.3, -0.25) is 0 Å². The van der Waals surface area contributed by atoms with Crippen molar-refractivity contribution in [2.75, 3.05) is 5.73 Å². The van der Waals surface area contributed by atoms with E-state index in [9.17, 15) is 5.26 Å². The van der Waals surface area contributed by atoms with Gasteiger partial charge in [-0.2, -0.15) is 5.26 Å². The van der Waals surface area contributed by atoms with E-state index in [4.69, 9.17) is 22.1 Å². The molecule has 1 heterocycles. The van der Waals surface area contributed by atoms with Gasteiger partial charge in [0.05, 0.1) is 0 Å². The molecule has 0 radical (unpaired) electrons. The van der Waals surface area contributed by atoms with Crippen LogP contribution in [0.25, 0.3) is 0 Å². The average Bonchev–Trinajstić information content (AvgIpc) is 2.79. The number of nitrogens with zero attached hydrogens (tertiary/aromatic N) is 3. The highest BCUT2D eigenvalue weighted by atomic mass is 35.5. The summed E-state index contributed by atoms with van der Waals surface area (Å²) in [7, 11) is 0. The molecule has 0 atom stereocenters. The van der Waals surface area contributed by atoms with Gasteiger partial charge in [0.1, 0.15) is 18.5 Å². The number of aromatic nitrogens is 2. The number of nitriles is 1. The van der Waals surface area contributed by atoms with Crippen molar-refractivity contribution in [2.45, 2.75) is 32.9 Å². The maximum Gasteiger partial charge on any atom is 0.253 e. The summed E-state index contributed by atoms with van der Waals surface area (Å²) in [6.07, 6.45) is 1.97. The summed E-state index contributed by atoms with van der Waals surface area (Å²) in [6, 6.07) is 9.43. The van der Waals surface area contributed by atoms with Crippen molar-refractivity contribution in [1.82, 2.24) is 9.78 Å². The fourth-order valence-electron chi connectivity index (χ4n) is 1.90. The Bertz CT molecular complexity index is 660. The summed E-state index contributed by atoms with van der Waals surface area (Å²) in [5.41, 5.74) is 7.04. The molecule has 0 aliphatic rings. The molecule has 1 aromatic heterocycles. The van der Waals surface area contributed by atoms with Crippen molar-refractivity contribution in [3.05, 3.63) is 40.4 Å². The number of anilines is 1. The Hall–Kier alpha value is -2.19. The Labute approximate surface area is 128 Å². The summed E-state index contributed by atoms with van der Waals surface area (Å²) < 4.78 is 7.23. The van der Waals surface area contributed by atoms with Gasteiger partial charge in [-0.05, 0) is 12.5 Å². The van der Waals surface area contributed by atoms with Crippen LogP contribution >= 0.6 is 11.6 Å². The molecule has 2 aromatic rings. The first-order valence-electron chi connectivity index (χ1n) is 6.80. The van der Waals surface area contributed by atoms with Gasteiger partial charge in [0.2, 0.25) is 0 Å². The van der Waals surface area contributed by atoms with Crippen molar-refractivity contribution in [3.8, 4) is 11.9 Å². The van der Waals surface area contributed by atoms with Gasteiger partial charge in [0, 0.05) is 17.1 Å². The highest BCUT2D eigenvalue weighted by molar-refractivity contribution is 6.31. The van der Waals surface area contributed by atoms with E-state index in [1.165, 1.54) is 0 Å². The first kappa shape index (κ1) is 15.2. The Morgan fingerprint density at radius 2 is 2.19 bits per heavy atom. The van der Waals surface area contributed by atoms with E-state index < -0.39 is 0 Å². The van der Waals surface area contributed by atoms with Crippen molar-refractivity contribution in [2.24, 2.45) is 0 Å². The molecule has 21 heavy (non-hydrogen) atoms. The van der Waals surface area contributed by atoms with Crippen LogP contribution in [0.1, 0.15) is 30.9 Å². The second-order valence-corrected chi connectivity index (χ2v) is 5.04. The molecule has 0 bridgehead atoms. The SMILES string of the molecule is CCCCn1nc(OCc2ccccc2Cl)c(C#N)c1N. The topological polar surface area (TPSA) is 76.9 Å². The third-order valence-corrected chi connectivity index (χ3v) is 3.49. The van der Waals surface area contributed by atoms with Crippen molar-refractivity contribution in [3.63, 3.8) is 0 Å². The fraction of sp³-hybridized carbons (Fsp3) is 0.333. The monoisotopic (exact) mass is 304 g/mol. The number of rotatable bonds is 6. The molecule has 2 N–H and O–H groups in total. The smallest absolute Gasteiger partial charge is 0.253 e. The number of nitrogens with two attached hydrogens (primary N) is 1. The van der Waals surface area contributed by atoms with E-state index in [1.54, 1.807) is 10.7 Å². The number of hydrogen-bond donors (Lipinski definition) is 1. The largest absolute Gasteiger partial charge is 0.471 e. The van der Waals surface area contributed by atoms with Gasteiger partial charge >= 0.3 is 0 Å². The maximum atomic E-state index is 9.20. The third-order valence-electron chi connectivity index (χ3n) is 3.12. The number of unbranched alkanes of at least 4 members (excludes halogenated alkanes) is 1. The highest BCUT2D eigenvalue weighted by Crippen LogP contribution is 2.25. The van der Waals surface area contributed by atoms with E-state index in [-0.39, 0.29) is 18.1 Å². The zero-order valence-corrected chi connectivity index (χ0v) is 12.6. The van der Waals surface area contributed by atoms with Gasteiger partial charge in [-0.1, -0.05) is 43.1 Å². The molecule has 1 aromatic carbocycles. The lowest BCUT2D eigenvalue weighted by molar-refractivity contribution is 0.288. The summed E-state index contributed by atoms with van der Waals surface area (Å²) in [5, 5.41) is 14.1. The first-order valence-corrected chi connectivity index (χ1v) is 7.17. The predicted molar refractivity (Wildman–Crippen MR) is 82.0 cm³/mol. The quantitative estimate of drug-likeness (QED) is 0.887. The Balaban J connectivity index is 2.16. The molecule has 0 saturated heterocycles. The minimum absolute atomic E-state index is 0.249. The second kappa shape index (κ2) is 7.00. The number of hydrogen-bond acceptors (Lipinski definition) is 4. The summed E-state index contributed by atoms with van der Waals surface area (Å²) in [6.45, 7) is 3.00. The van der Waals surface area contributed by atoms with Crippen molar-refractivity contribution >= 4 is 17.4 Å². The van der Waals surface area contributed by atoms with Crippen molar-refractivity contribution < 1.29 is 4.74 Å². The van der Waals surface area contributed by atoms with E-state index >= 15 is 0 Å². The van der Waals surface area contributed by atoms with Crippen LogP contribution in [0.3, 0.4) is 0 Å². The van der Waals surface area contributed by atoms with Crippen LogP contribution in [0.4, 0.5) is 5.82 Å². The van der Waals surface area contributed by atoms with Gasteiger partial charge in [-0.15, -0.1) is 5.10 Å². The highest BCUT2D eigenvalue weighted by Gasteiger charge is 2.16. The maximum absolute atomic E-state index is 9.20. The van der Waals surface area contributed by atoms with Crippen LogP contribution in [-0.4, -0.2) is 9.78 Å². The van der Waals surface area contributed by atoms with Gasteiger partial charge in [0.25, 0.3) is 5.88 Å². The average molecular weight is 305 g/mol. The number of benzene rings is 1. The van der Waals surface area contributed by atoms with Crippen LogP contribution in [0.15, 0.2) is 24.3 Å². The van der Waals surface area contributed by atoms with Gasteiger partial charge < -0.3 is 10.5 Å². The standard InChI is InChI=1S/C15H17ClN4O/c1-2-3-8-20-14(18)12(9-17)15(19-20)21-10-11-6-4-5-7-13(11)16/h4-7H,2-3,8,10,18H2,1H3. The van der Waals surface area contributed by atoms with Crippen LogP contribution in [0.2, 0.25) is 5.02 Å². The molecule has 0 aliphatic heterocycles. The van der Waals surface area contributed by atoms with E-state index in [1.807, 2.05) is 24.3 Å². The van der Waals surface area contributed by atoms with Crippen molar-refractivity contribution in [1.29, 1.82) is 5.26 Å². The number of halogens is 1. The molecule has 6 heteroatoms. The van der Waals surface area contributed by atoms with Crippen LogP contribution in [-0.2, 0) is 13.2 Å². The molecule has 110 valence electrons. The Morgan fingerprint density at radius 3 is 2.86 bits per heavy atom. The lowest BCUT2D eigenvalue weighted by atomic mass is 10.2. The van der Waals surface area contributed by atoms with Gasteiger partial charge in [-0.25, -0.2) is 4.68 Å². The minimum Gasteiger partial charge on any atom is -0.471 e. The molecule has 0 aliphatic carbocycles. The summed E-state index contributed by atoms with van der Waals surface area (Å²) >= 11 is 6.07. The minimum atomic E-state index is 0.249.